The van der Waals surface area contributed by atoms with E-state index in [9.17, 15) is 4.57 Å². The molecule has 0 saturated heterocycles. The fourth-order valence-electron chi connectivity index (χ4n) is 2.13. The standard InChI is InChI=1S/C17H22NO4P/c1-3-20-23(19,21-4-2)17(18)14-9-8-12-16(13-14)22-15-10-6-5-7-11-15/h5-13,17H,3-4,18H2,1-2H3/t17-/m0/s1. The van der Waals surface area contributed by atoms with Crippen molar-refractivity contribution in [3.63, 3.8) is 0 Å². The molecule has 5 nitrogen and oxygen atoms in total. The van der Waals surface area contributed by atoms with Gasteiger partial charge in [-0.2, -0.15) is 0 Å². The molecule has 0 heterocycles. The Labute approximate surface area is 136 Å². The Morgan fingerprint density at radius 2 is 1.57 bits per heavy atom. The second kappa shape index (κ2) is 8.27. The predicted octanol–water partition coefficient (Wildman–Crippen LogP) is 4.70. The van der Waals surface area contributed by atoms with Crippen LogP contribution in [-0.4, -0.2) is 13.2 Å². The van der Waals surface area contributed by atoms with Gasteiger partial charge < -0.3 is 19.5 Å². The van der Waals surface area contributed by atoms with Crippen molar-refractivity contribution in [2.75, 3.05) is 13.2 Å². The second-order valence-corrected chi connectivity index (χ2v) is 6.96. The maximum Gasteiger partial charge on any atom is 0.351 e. The molecule has 0 saturated carbocycles. The average molecular weight is 335 g/mol. The normalized spacial score (nSPS) is 12.8. The van der Waals surface area contributed by atoms with E-state index < -0.39 is 13.4 Å². The average Bonchev–Trinajstić information content (AvgIpc) is 2.56. The van der Waals surface area contributed by atoms with Gasteiger partial charge >= 0.3 is 7.60 Å². The van der Waals surface area contributed by atoms with Crippen molar-refractivity contribution in [2.45, 2.75) is 19.6 Å². The van der Waals surface area contributed by atoms with Crippen LogP contribution in [0.1, 0.15) is 25.2 Å². The van der Waals surface area contributed by atoms with E-state index in [1.54, 1.807) is 32.0 Å². The molecule has 23 heavy (non-hydrogen) atoms. The van der Waals surface area contributed by atoms with Gasteiger partial charge in [-0.05, 0) is 43.7 Å². The summed E-state index contributed by atoms with van der Waals surface area (Å²) in [5.41, 5.74) is 6.78. The first-order chi connectivity index (χ1) is 11.1. The first-order valence-electron chi connectivity index (χ1n) is 7.56. The Bertz CT molecular complexity index is 653. The molecule has 0 aliphatic carbocycles. The molecule has 2 rings (SSSR count). The van der Waals surface area contributed by atoms with Crippen LogP contribution in [0.2, 0.25) is 0 Å². The summed E-state index contributed by atoms with van der Waals surface area (Å²) in [5, 5.41) is 0. The lowest BCUT2D eigenvalue weighted by Crippen LogP contribution is -2.15. The van der Waals surface area contributed by atoms with Gasteiger partial charge in [-0.1, -0.05) is 30.3 Å². The minimum atomic E-state index is -3.41. The van der Waals surface area contributed by atoms with E-state index in [2.05, 4.69) is 0 Å². The Hall–Kier alpha value is -1.65. The van der Waals surface area contributed by atoms with Crippen LogP contribution in [0, 0.1) is 0 Å². The third kappa shape index (κ3) is 4.66. The highest BCUT2D eigenvalue weighted by Crippen LogP contribution is 2.58. The molecule has 0 amide bonds. The topological polar surface area (TPSA) is 70.8 Å². The summed E-state index contributed by atoms with van der Waals surface area (Å²) in [5.74, 6) is 0.474. The zero-order valence-electron chi connectivity index (χ0n) is 13.3. The molecule has 2 aromatic carbocycles. The van der Waals surface area contributed by atoms with Crippen molar-refractivity contribution in [3.8, 4) is 11.5 Å². The van der Waals surface area contributed by atoms with Gasteiger partial charge in [-0.3, -0.25) is 4.57 Å². The quantitative estimate of drug-likeness (QED) is 0.708. The van der Waals surface area contributed by atoms with Crippen LogP contribution < -0.4 is 10.5 Å². The minimum absolute atomic E-state index is 0.269. The molecule has 0 aliphatic heterocycles. The molecule has 124 valence electrons. The molecule has 2 aromatic rings. The summed E-state index contributed by atoms with van der Waals surface area (Å²) in [7, 11) is -3.41. The Morgan fingerprint density at radius 1 is 0.957 bits per heavy atom. The zero-order chi connectivity index (χ0) is 16.7. The lowest BCUT2D eigenvalue weighted by atomic mass is 10.2. The van der Waals surface area contributed by atoms with Gasteiger partial charge in [0.1, 0.15) is 17.3 Å². The Balaban J connectivity index is 2.22. The fourth-order valence-corrected chi connectivity index (χ4v) is 3.77. The predicted molar refractivity (Wildman–Crippen MR) is 90.7 cm³/mol. The lowest BCUT2D eigenvalue weighted by Gasteiger charge is -2.23. The summed E-state index contributed by atoms with van der Waals surface area (Å²) in [6, 6.07) is 16.6. The van der Waals surface area contributed by atoms with Crippen molar-refractivity contribution in [3.05, 3.63) is 60.2 Å². The molecule has 0 unspecified atom stereocenters. The zero-order valence-corrected chi connectivity index (χ0v) is 14.2. The van der Waals surface area contributed by atoms with Crippen molar-refractivity contribution in [1.82, 2.24) is 0 Å². The number of rotatable bonds is 8. The molecule has 0 aliphatic rings. The minimum Gasteiger partial charge on any atom is -0.457 e. The van der Waals surface area contributed by atoms with Gasteiger partial charge in [0.15, 0.2) is 0 Å². The van der Waals surface area contributed by atoms with Gasteiger partial charge in [0.25, 0.3) is 0 Å². The molecule has 2 N–H and O–H groups in total. The Morgan fingerprint density at radius 3 is 2.17 bits per heavy atom. The fraction of sp³-hybridized carbons (Fsp3) is 0.294. The molecule has 6 heteroatoms. The van der Waals surface area contributed by atoms with Crippen LogP contribution in [0.5, 0.6) is 11.5 Å². The molecular weight excluding hydrogens is 313 g/mol. The van der Waals surface area contributed by atoms with E-state index in [4.69, 9.17) is 19.5 Å². The highest BCUT2D eigenvalue weighted by molar-refractivity contribution is 7.54. The van der Waals surface area contributed by atoms with E-state index >= 15 is 0 Å². The van der Waals surface area contributed by atoms with Crippen LogP contribution in [0.4, 0.5) is 0 Å². The summed E-state index contributed by atoms with van der Waals surface area (Å²) in [6.07, 6.45) is 0. The van der Waals surface area contributed by atoms with E-state index in [0.717, 1.165) is 5.75 Å². The maximum atomic E-state index is 12.8. The summed E-state index contributed by atoms with van der Waals surface area (Å²) >= 11 is 0. The summed E-state index contributed by atoms with van der Waals surface area (Å²) < 4.78 is 29.2. The van der Waals surface area contributed by atoms with Crippen LogP contribution >= 0.6 is 7.60 Å². The summed E-state index contributed by atoms with van der Waals surface area (Å²) in [4.78, 5) is 0. The van der Waals surface area contributed by atoms with E-state index in [0.29, 0.717) is 11.3 Å². The third-order valence-electron chi connectivity index (χ3n) is 3.14. The SMILES string of the molecule is CCOP(=O)(OCC)[C@H](N)c1cccc(Oc2ccccc2)c1. The first-order valence-corrected chi connectivity index (χ1v) is 9.17. The van der Waals surface area contributed by atoms with Gasteiger partial charge in [0.2, 0.25) is 0 Å². The van der Waals surface area contributed by atoms with Gasteiger partial charge in [0, 0.05) is 0 Å². The molecule has 0 radical (unpaired) electrons. The van der Waals surface area contributed by atoms with Crippen LogP contribution in [0.15, 0.2) is 54.6 Å². The number of para-hydroxylation sites is 1. The first kappa shape index (κ1) is 17.7. The van der Waals surface area contributed by atoms with Crippen LogP contribution in [-0.2, 0) is 13.6 Å². The number of hydrogen-bond donors (Lipinski definition) is 1. The van der Waals surface area contributed by atoms with Gasteiger partial charge in [-0.25, -0.2) is 0 Å². The van der Waals surface area contributed by atoms with Crippen molar-refractivity contribution >= 4 is 7.60 Å². The molecule has 0 aromatic heterocycles. The summed E-state index contributed by atoms with van der Waals surface area (Å²) in [6.45, 7) is 4.05. The van der Waals surface area contributed by atoms with Gasteiger partial charge in [-0.15, -0.1) is 0 Å². The van der Waals surface area contributed by atoms with Crippen molar-refractivity contribution < 1.29 is 18.3 Å². The number of benzene rings is 2. The lowest BCUT2D eigenvalue weighted by molar-refractivity contribution is 0.212. The number of nitrogens with two attached hydrogens (primary N) is 1. The van der Waals surface area contributed by atoms with Crippen molar-refractivity contribution in [2.24, 2.45) is 5.73 Å². The third-order valence-corrected chi connectivity index (χ3v) is 5.35. The smallest absolute Gasteiger partial charge is 0.351 e. The maximum absolute atomic E-state index is 12.8. The Kier molecular flexibility index (Phi) is 6.37. The van der Waals surface area contributed by atoms with E-state index in [-0.39, 0.29) is 13.2 Å². The highest BCUT2D eigenvalue weighted by Gasteiger charge is 2.34. The van der Waals surface area contributed by atoms with Crippen molar-refractivity contribution in [1.29, 1.82) is 0 Å². The number of hydrogen-bond acceptors (Lipinski definition) is 5. The second-order valence-electron chi connectivity index (χ2n) is 4.81. The molecule has 1 atom stereocenters. The van der Waals surface area contributed by atoms with Gasteiger partial charge in [0.05, 0.1) is 13.2 Å². The van der Waals surface area contributed by atoms with E-state index in [1.807, 2.05) is 36.4 Å². The number of ether oxygens (including phenoxy) is 1. The van der Waals surface area contributed by atoms with Crippen LogP contribution in [0.25, 0.3) is 0 Å². The van der Waals surface area contributed by atoms with E-state index in [1.165, 1.54) is 0 Å². The molecule has 0 fully saturated rings. The monoisotopic (exact) mass is 335 g/mol. The highest BCUT2D eigenvalue weighted by atomic mass is 31.2. The largest absolute Gasteiger partial charge is 0.457 e. The molecular formula is C17H22NO4P. The molecule has 0 bridgehead atoms. The molecule has 0 spiro atoms. The van der Waals surface area contributed by atoms with Crippen LogP contribution in [0.3, 0.4) is 0 Å².